The zero-order chi connectivity index (χ0) is 25.0. The van der Waals surface area contributed by atoms with Gasteiger partial charge >= 0.3 is 0 Å². The molecule has 0 unspecified atom stereocenters. The average Bonchev–Trinajstić information content (AvgIpc) is 2.86. The Morgan fingerprint density at radius 1 is 1.06 bits per heavy atom. The van der Waals surface area contributed by atoms with E-state index in [-0.39, 0.29) is 11.5 Å². The van der Waals surface area contributed by atoms with E-state index in [1.54, 1.807) is 42.5 Å². The number of hydrogen-bond donors (Lipinski definition) is 2. The number of anilines is 2. The highest BCUT2D eigenvalue weighted by atomic mass is 19.1. The first-order valence-electron chi connectivity index (χ1n) is 11.3. The van der Waals surface area contributed by atoms with E-state index < -0.39 is 17.2 Å². The van der Waals surface area contributed by atoms with Crippen molar-refractivity contribution in [2.75, 3.05) is 32.6 Å². The lowest BCUT2D eigenvalue weighted by molar-refractivity contribution is 0.0350. The summed E-state index contributed by atoms with van der Waals surface area (Å²) in [6, 6.07) is 14.9. The predicted molar refractivity (Wildman–Crippen MR) is 131 cm³/mol. The number of rotatable bonds is 5. The van der Waals surface area contributed by atoms with Crippen LogP contribution in [0.5, 0.6) is 5.75 Å². The number of nitrogens with one attached hydrogen (secondary N) is 1. The minimum absolute atomic E-state index is 0.129. The Morgan fingerprint density at radius 2 is 1.77 bits per heavy atom. The van der Waals surface area contributed by atoms with Crippen molar-refractivity contribution in [1.82, 2.24) is 4.90 Å². The second-order valence-corrected chi connectivity index (χ2v) is 8.66. The van der Waals surface area contributed by atoms with Gasteiger partial charge in [-0.3, -0.25) is 4.79 Å². The number of ether oxygens (including phenoxy) is 1. The van der Waals surface area contributed by atoms with Gasteiger partial charge in [-0.15, -0.1) is 0 Å². The van der Waals surface area contributed by atoms with Crippen LogP contribution in [0.15, 0.2) is 60.7 Å². The van der Waals surface area contributed by atoms with Crippen LogP contribution in [0.25, 0.3) is 0 Å². The smallest absolute Gasteiger partial charge is 0.196 e. The van der Waals surface area contributed by atoms with Crippen LogP contribution in [-0.2, 0) is 0 Å². The molecule has 1 heterocycles. The van der Waals surface area contributed by atoms with Crippen LogP contribution in [0.3, 0.4) is 0 Å². The number of nitrogens with zero attached hydrogens (tertiary/aromatic N) is 1. The van der Waals surface area contributed by atoms with Crippen LogP contribution >= 0.6 is 0 Å². The molecule has 35 heavy (non-hydrogen) atoms. The summed E-state index contributed by atoms with van der Waals surface area (Å²) in [6.07, 6.45) is 1.14. The summed E-state index contributed by atoms with van der Waals surface area (Å²) in [6.45, 7) is 1.55. The maximum Gasteiger partial charge on any atom is 0.196 e. The third-order valence-electron chi connectivity index (χ3n) is 6.06. The molecule has 0 aliphatic carbocycles. The summed E-state index contributed by atoms with van der Waals surface area (Å²) in [7, 11) is 3.50. The summed E-state index contributed by atoms with van der Waals surface area (Å²) in [5.74, 6) is 4.78. The largest absolute Gasteiger partial charge is 0.496 e. The van der Waals surface area contributed by atoms with E-state index in [2.05, 4.69) is 22.1 Å². The number of methoxy groups -OCH3 is 1. The molecule has 1 aliphatic heterocycles. The fraction of sp³-hybridized carbons (Fsp3) is 0.250. The average molecular weight is 477 g/mol. The van der Waals surface area contributed by atoms with Gasteiger partial charge in [0.25, 0.3) is 0 Å². The molecule has 2 N–H and O–H groups in total. The van der Waals surface area contributed by atoms with Crippen LogP contribution in [-0.4, -0.2) is 48.6 Å². The highest BCUT2D eigenvalue weighted by Gasteiger charge is 2.29. The first-order chi connectivity index (χ1) is 16.8. The van der Waals surface area contributed by atoms with Crippen LogP contribution in [0.2, 0.25) is 0 Å². The van der Waals surface area contributed by atoms with Gasteiger partial charge in [-0.2, -0.15) is 0 Å². The normalized spacial score (nSPS) is 15.1. The topological polar surface area (TPSA) is 61.8 Å². The van der Waals surface area contributed by atoms with Gasteiger partial charge in [0.1, 0.15) is 23.0 Å². The van der Waals surface area contributed by atoms with Gasteiger partial charge < -0.3 is 20.1 Å². The van der Waals surface area contributed by atoms with Crippen molar-refractivity contribution in [1.29, 1.82) is 0 Å². The van der Waals surface area contributed by atoms with Gasteiger partial charge in [0.05, 0.1) is 18.4 Å². The Bertz CT molecular complexity index is 1290. The first kappa shape index (κ1) is 24.4. The van der Waals surface area contributed by atoms with E-state index in [0.29, 0.717) is 41.0 Å². The second-order valence-electron chi connectivity index (χ2n) is 8.66. The fourth-order valence-corrected chi connectivity index (χ4v) is 3.87. The minimum atomic E-state index is -1.04. The third kappa shape index (κ3) is 5.86. The van der Waals surface area contributed by atoms with Crippen LogP contribution < -0.4 is 10.1 Å². The van der Waals surface area contributed by atoms with Crippen molar-refractivity contribution < 1.29 is 23.4 Å². The zero-order valence-electron chi connectivity index (χ0n) is 19.6. The number of ketones is 1. The highest BCUT2D eigenvalue weighted by Crippen LogP contribution is 2.26. The SMILES string of the molecule is COc1ccc(C#CC2(O)CCN(C)CC2)cc1C(=O)c1ccc(Nc2ccc(F)cc2F)cc1. The number of carbonyl (C=O) groups excluding carboxylic acids is 1. The van der Waals surface area contributed by atoms with Crippen molar-refractivity contribution >= 4 is 17.2 Å². The van der Waals surface area contributed by atoms with E-state index in [4.69, 9.17) is 4.74 Å². The van der Waals surface area contributed by atoms with Gasteiger partial charge in [0.15, 0.2) is 5.78 Å². The van der Waals surface area contributed by atoms with Gasteiger partial charge in [-0.05, 0) is 61.6 Å². The van der Waals surface area contributed by atoms with Crippen LogP contribution in [0, 0.1) is 23.5 Å². The second kappa shape index (κ2) is 10.3. The number of hydrogen-bond acceptors (Lipinski definition) is 5. The van der Waals surface area contributed by atoms with Crippen molar-refractivity contribution in [3.8, 4) is 17.6 Å². The highest BCUT2D eigenvalue weighted by molar-refractivity contribution is 6.11. The number of carbonyl (C=O) groups is 1. The molecule has 5 nitrogen and oxygen atoms in total. The lowest BCUT2D eigenvalue weighted by Crippen LogP contribution is -2.41. The Kier molecular flexibility index (Phi) is 7.15. The summed E-state index contributed by atoms with van der Waals surface area (Å²) in [5, 5.41) is 13.6. The van der Waals surface area contributed by atoms with Gasteiger partial charge in [0.2, 0.25) is 0 Å². The summed E-state index contributed by atoms with van der Waals surface area (Å²) in [5.41, 5.74) is 0.998. The monoisotopic (exact) mass is 476 g/mol. The van der Waals surface area contributed by atoms with Crippen LogP contribution in [0.1, 0.15) is 34.3 Å². The van der Waals surface area contributed by atoms with Crippen LogP contribution in [0.4, 0.5) is 20.2 Å². The number of likely N-dealkylation sites (tertiary alicyclic amines) is 1. The fourth-order valence-electron chi connectivity index (χ4n) is 3.87. The van der Waals surface area contributed by atoms with Gasteiger partial charge in [0, 0.05) is 48.8 Å². The van der Waals surface area contributed by atoms with Crippen molar-refractivity contribution in [2.45, 2.75) is 18.4 Å². The molecule has 1 fully saturated rings. The molecule has 0 atom stereocenters. The molecule has 0 aromatic heterocycles. The molecule has 3 aromatic rings. The predicted octanol–water partition coefficient (Wildman–Crippen LogP) is 4.76. The quantitative estimate of drug-likeness (QED) is 0.411. The maximum absolute atomic E-state index is 13.9. The zero-order valence-corrected chi connectivity index (χ0v) is 19.6. The summed E-state index contributed by atoms with van der Waals surface area (Å²) < 4.78 is 32.4. The van der Waals surface area contributed by atoms with Crippen molar-refractivity contribution in [3.05, 3.63) is 89.0 Å². The molecule has 180 valence electrons. The van der Waals surface area contributed by atoms with E-state index in [0.717, 1.165) is 25.2 Å². The molecule has 7 heteroatoms. The number of halogens is 2. The van der Waals surface area contributed by atoms with Crippen molar-refractivity contribution in [3.63, 3.8) is 0 Å². The Balaban J connectivity index is 1.54. The molecule has 0 saturated carbocycles. The Labute approximate surface area is 203 Å². The molecule has 4 rings (SSSR count). The Morgan fingerprint density at radius 3 is 2.43 bits per heavy atom. The van der Waals surface area contributed by atoms with Gasteiger partial charge in [-0.25, -0.2) is 8.78 Å². The molecule has 0 radical (unpaired) electrons. The lowest BCUT2D eigenvalue weighted by atomic mass is 9.92. The third-order valence-corrected chi connectivity index (χ3v) is 6.06. The lowest BCUT2D eigenvalue weighted by Gasteiger charge is -2.32. The molecule has 0 bridgehead atoms. The molecule has 1 aliphatic rings. The van der Waals surface area contributed by atoms with E-state index in [1.807, 2.05) is 7.05 Å². The molecular formula is C28H26F2N2O3. The molecule has 0 amide bonds. The minimum Gasteiger partial charge on any atom is -0.496 e. The molecular weight excluding hydrogens is 450 g/mol. The van der Waals surface area contributed by atoms with E-state index in [1.165, 1.54) is 13.2 Å². The van der Waals surface area contributed by atoms with E-state index in [9.17, 15) is 18.7 Å². The van der Waals surface area contributed by atoms with E-state index >= 15 is 0 Å². The maximum atomic E-state index is 13.9. The van der Waals surface area contributed by atoms with Crippen molar-refractivity contribution in [2.24, 2.45) is 0 Å². The summed E-state index contributed by atoms with van der Waals surface area (Å²) >= 11 is 0. The first-order valence-corrected chi connectivity index (χ1v) is 11.3. The molecule has 1 saturated heterocycles. The van der Waals surface area contributed by atoms with Gasteiger partial charge in [-0.1, -0.05) is 11.8 Å². The number of aliphatic hydroxyl groups is 1. The Hall–Kier alpha value is -3.73. The summed E-state index contributed by atoms with van der Waals surface area (Å²) in [4.78, 5) is 15.4. The number of benzene rings is 3. The number of piperidine rings is 1. The standard InChI is InChI=1S/C28H26F2N2O3/c1-32-15-13-28(34,14-16-32)12-11-19-3-10-26(35-2)23(17-19)27(33)20-4-7-22(8-5-20)31-25-9-6-21(29)18-24(25)30/h3-10,17-18,31,34H,13-16H2,1-2H3. The molecule has 0 spiro atoms. The molecule has 3 aromatic carbocycles.